The van der Waals surface area contributed by atoms with Crippen LogP contribution in [0.15, 0.2) is 48.6 Å². The highest BCUT2D eigenvalue weighted by molar-refractivity contribution is 5.94. The molecular formula is C27H43N3O4. The summed E-state index contributed by atoms with van der Waals surface area (Å²) in [6.07, 6.45) is 3.96. The van der Waals surface area contributed by atoms with Crippen molar-refractivity contribution in [1.29, 1.82) is 0 Å². The van der Waals surface area contributed by atoms with Crippen LogP contribution in [0.2, 0.25) is 0 Å². The zero-order valence-electron chi connectivity index (χ0n) is 21.6. The van der Waals surface area contributed by atoms with Gasteiger partial charge in [-0.15, -0.1) is 0 Å². The van der Waals surface area contributed by atoms with Crippen molar-refractivity contribution in [3.05, 3.63) is 48.6 Å². The molecule has 0 saturated carbocycles. The highest BCUT2D eigenvalue weighted by Crippen LogP contribution is 2.09. The van der Waals surface area contributed by atoms with Crippen molar-refractivity contribution in [2.45, 2.75) is 66.2 Å². The molecule has 0 bridgehead atoms. The van der Waals surface area contributed by atoms with Crippen LogP contribution in [0.5, 0.6) is 0 Å². The van der Waals surface area contributed by atoms with Gasteiger partial charge in [-0.3, -0.25) is 19.2 Å². The van der Waals surface area contributed by atoms with Gasteiger partial charge in [0.1, 0.15) is 0 Å². The summed E-state index contributed by atoms with van der Waals surface area (Å²) in [7, 11) is 0. The van der Waals surface area contributed by atoms with E-state index in [0.29, 0.717) is 74.3 Å². The lowest BCUT2D eigenvalue weighted by atomic mass is 10.1. The van der Waals surface area contributed by atoms with Crippen LogP contribution in [-0.4, -0.2) is 66.0 Å². The van der Waals surface area contributed by atoms with Crippen LogP contribution in [0, 0.1) is 0 Å². The number of carbonyl (C=O) groups excluding carboxylic acids is 4. The number of nitrogens with one attached hydrogen (secondary N) is 1. The van der Waals surface area contributed by atoms with Crippen molar-refractivity contribution < 1.29 is 19.2 Å². The molecule has 0 rings (SSSR count). The lowest BCUT2D eigenvalue weighted by Crippen LogP contribution is -2.36. The minimum Gasteiger partial charge on any atom is -0.352 e. The van der Waals surface area contributed by atoms with E-state index in [-0.39, 0.29) is 23.5 Å². The fourth-order valence-electron chi connectivity index (χ4n) is 3.20. The maximum atomic E-state index is 12.5. The number of hydrogen-bond acceptors (Lipinski definition) is 4. The molecule has 7 heteroatoms. The van der Waals surface area contributed by atoms with Crippen molar-refractivity contribution in [1.82, 2.24) is 15.1 Å². The molecule has 0 atom stereocenters. The SMILES string of the molecule is C=C(C)C(=O)CCCCN(CCCCN(CCCNC(=O)C(=C)C)C(=O)C(=C)C)C(=O)C(=C)C. The monoisotopic (exact) mass is 473 g/mol. The highest BCUT2D eigenvalue weighted by Gasteiger charge is 2.16. The van der Waals surface area contributed by atoms with Crippen LogP contribution >= 0.6 is 0 Å². The van der Waals surface area contributed by atoms with Crippen molar-refractivity contribution in [2.24, 2.45) is 0 Å². The third-order valence-corrected chi connectivity index (χ3v) is 5.25. The largest absolute Gasteiger partial charge is 0.352 e. The fraction of sp³-hybridized carbons (Fsp3) is 0.556. The second kappa shape index (κ2) is 16.6. The van der Waals surface area contributed by atoms with Gasteiger partial charge in [-0.1, -0.05) is 26.3 Å². The van der Waals surface area contributed by atoms with Gasteiger partial charge in [0, 0.05) is 55.9 Å². The Balaban J connectivity index is 4.68. The van der Waals surface area contributed by atoms with Crippen molar-refractivity contribution in [2.75, 3.05) is 32.7 Å². The Morgan fingerprint density at radius 3 is 1.38 bits per heavy atom. The molecule has 34 heavy (non-hydrogen) atoms. The molecule has 190 valence electrons. The second-order valence-corrected chi connectivity index (χ2v) is 8.90. The maximum absolute atomic E-state index is 12.5. The molecule has 0 unspecified atom stereocenters. The zero-order chi connectivity index (χ0) is 26.3. The summed E-state index contributed by atoms with van der Waals surface area (Å²) < 4.78 is 0. The zero-order valence-corrected chi connectivity index (χ0v) is 21.6. The Labute approximate surface area is 205 Å². The molecule has 0 aliphatic rings. The molecule has 3 amide bonds. The molecule has 0 aromatic carbocycles. The number of nitrogens with zero attached hydrogens (tertiary/aromatic N) is 2. The molecule has 0 saturated heterocycles. The fourth-order valence-corrected chi connectivity index (χ4v) is 3.20. The molecule has 0 fully saturated rings. The summed E-state index contributed by atoms with van der Waals surface area (Å²) >= 11 is 0. The van der Waals surface area contributed by atoms with E-state index in [1.54, 1.807) is 37.5 Å². The highest BCUT2D eigenvalue weighted by atomic mass is 16.2. The Morgan fingerprint density at radius 1 is 0.588 bits per heavy atom. The van der Waals surface area contributed by atoms with E-state index in [0.717, 1.165) is 19.3 Å². The number of unbranched alkanes of at least 4 members (excludes halogenated alkanes) is 2. The molecule has 0 heterocycles. The summed E-state index contributed by atoms with van der Waals surface area (Å²) in [6, 6.07) is 0. The lowest BCUT2D eigenvalue weighted by molar-refractivity contribution is -0.128. The summed E-state index contributed by atoms with van der Waals surface area (Å²) in [5, 5.41) is 2.77. The summed E-state index contributed by atoms with van der Waals surface area (Å²) in [6.45, 7) is 24.2. The van der Waals surface area contributed by atoms with E-state index >= 15 is 0 Å². The molecule has 0 aliphatic carbocycles. The van der Waals surface area contributed by atoms with Gasteiger partial charge in [0.05, 0.1) is 0 Å². The Kier molecular flexibility index (Phi) is 15.2. The summed E-state index contributed by atoms with van der Waals surface area (Å²) in [4.78, 5) is 51.8. The van der Waals surface area contributed by atoms with Crippen LogP contribution in [0.1, 0.15) is 66.2 Å². The first-order valence-electron chi connectivity index (χ1n) is 11.9. The lowest BCUT2D eigenvalue weighted by Gasteiger charge is -2.25. The van der Waals surface area contributed by atoms with E-state index in [9.17, 15) is 19.2 Å². The minimum atomic E-state index is -0.191. The van der Waals surface area contributed by atoms with Crippen LogP contribution in [-0.2, 0) is 19.2 Å². The second-order valence-electron chi connectivity index (χ2n) is 8.90. The van der Waals surface area contributed by atoms with Crippen LogP contribution < -0.4 is 5.32 Å². The predicted octanol–water partition coefficient (Wildman–Crippen LogP) is 3.97. The normalized spacial score (nSPS) is 10.2. The van der Waals surface area contributed by atoms with Gasteiger partial charge in [-0.05, 0) is 65.4 Å². The van der Waals surface area contributed by atoms with Gasteiger partial charge in [0.15, 0.2) is 5.78 Å². The van der Waals surface area contributed by atoms with Crippen LogP contribution in [0.3, 0.4) is 0 Å². The Hall–Kier alpha value is -2.96. The smallest absolute Gasteiger partial charge is 0.248 e. The maximum Gasteiger partial charge on any atom is 0.248 e. The number of carbonyl (C=O) groups is 4. The topological polar surface area (TPSA) is 86.8 Å². The van der Waals surface area contributed by atoms with Gasteiger partial charge in [0.25, 0.3) is 0 Å². The summed E-state index contributed by atoms with van der Waals surface area (Å²) in [5.74, 6) is -0.332. The Morgan fingerprint density at radius 2 is 1.00 bits per heavy atom. The van der Waals surface area contributed by atoms with E-state index in [1.165, 1.54) is 0 Å². The first-order valence-corrected chi connectivity index (χ1v) is 11.9. The van der Waals surface area contributed by atoms with Gasteiger partial charge < -0.3 is 15.1 Å². The number of rotatable bonds is 18. The first-order chi connectivity index (χ1) is 15.9. The van der Waals surface area contributed by atoms with Crippen LogP contribution in [0.4, 0.5) is 0 Å². The predicted molar refractivity (Wildman–Crippen MR) is 138 cm³/mol. The van der Waals surface area contributed by atoms with Crippen molar-refractivity contribution in [3.8, 4) is 0 Å². The standard InChI is InChI=1S/C27H43N3O4/c1-20(2)24(31)14-9-10-16-29(26(33)22(5)6)17-11-12-18-30(27(34)23(7)8)19-13-15-28-25(32)21(3)4/h1,3,5,7,9-19H2,2,4,6,8H3,(H,28,32). The number of hydrogen-bond donors (Lipinski definition) is 1. The van der Waals surface area contributed by atoms with E-state index < -0.39 is 0 Å². The van der Waals surface area contributed by atoms with Gasteiger partial charge in [-0.2, -0.15) is 0 Å². The van der Waals surface area contributed by atoms with Gasteiger partial charge >= 0.3 is 0 Å². The average molecular weight is 474 g/mol. The van der Waals surface area contributed by atoms with Gasteiger partial charge in [0.2, 0.25) is 17.7 Å². The molecule has 0 radical (unpaired) electrons. The molecule has 0 aromatic rings. The molecule has 0 aliphatic heterocycles. The van der Waals surface area contributed by atoms with E-state index in [2.05, 4.69) is 31.6 Å². The molecule has 1 N–H and O–H groups in total. The third-order valence-electron chi connectivity index (χ3n) is 5.25. The van der Waals surface area contributed by atoms with Crippen LogP contribution in [0.25, 0.3) is 0 Å². The molecule has 0 aromatic heterocycles. The van der Waals surface area contributed by atoms with E-state index in [1.807, 2.05) is 0 Å². The first kappa shape index (κ1) is 31.0. The van der Waals surface area contributed by atoms with E-state index in [4.69, 9.17) is 0 Å². The quantitative estimate of drug-likeness (QED) is 0.241. The summed E-state index contributed by atoms with van der Waals surface area (Å²) in [5.41, 5.74) is 1.95. The van der Waals surface area contributed by atoms with Crippen molar-refractivity contribution >= 4 is 23.5 Å². The molecular weight excluding hydrogens is 430 g/mol. The molecule has 0 spiro atoms. The number of allylic oxidation sites excluding steroid dienone is 1. The number of ketones is 1. The van der Waals surface area contributed by atoms with Gasteiger partial charge in [-0.25, -0.2) is 0 Å². The third kappa shape index (κ3) is 12.9. The average Bonchev–Trinajstić information content (AvgIpc) is 2.77. The number of amides is 3. The minimum absolute atomic E-state index is 0.0549. The van der Waals surface area contributed by atoms with Crippen molar-refractivity contribution in [3.63, 3.8) is 0 Å². The Bertz CT molecular complexity index is 732. The number of Topliss-reactive ketones (excluding diaryl/α,β-unsaturated/α-hetero) is 1. The molecule has 7 nitrogen and oxygen atoms in total.